The molecule has 0 aromatic heterocycles. The maximum absolute atomic E-state index is 12.5. The summed E-state index contributed by atoms with van der Waals surface area (Å²) in [5.74, 6) is -0.270. The molecule has 2 heterocycles. The summed E-state index contributed by atoms with van der Waals surface area (Å²) in [5, 5.41) is 3.86. The van der Waals surface area contributed by atoms with Crippen LogP contribution >= 0.6 is 0 Å². The van der Waals surface area contributed by atoms with E-state index in [1.807, 2.05) is 35.2 Å². The fourth-order valence-electron chi connectivity index (χ4n) is 3.09. The number of nitrogens with zero attached hydrogens (tertiary/aromatic N) is 3. The highest BCUT2D eigenvalue weighted by Gasteiger charge is 2.44. The molecule has 1 N–H and O–H groups in total. The largest absolute Gasteiger partial charge is 0.326 e. The van der Waals surface area contributed by atoms with Gasteiger partial charge in [0.25, 0.3) is 5.91 Å². The van der Waals surface area contributed by atoms with Gasteiger partial charge in [-0.15, -0.1) is 0 Å². The van der Waals surface area contributed by atoms with Crippen LogP contribution in [-0.4, -0.2) is 72.8 Å². The van der Waals surface area contributed by atoms with Crippen LogP contribution in [0.4, 0.5) is 4.79 Å². The van der Waals surface area contributed by atoms with Crippen molar-refractivity contribution in [2.24, 2.45) is 0 Å². The van der Waals surface area contributed by atoms with E-state index < -0.39 is 21.6 Å². The Kier molecular flexibility index (Phi) is 5.36. The molecule has 27 heavy (non-hydrogen) atoms. The number of amides is 3. The fraction of sp³-hybridized carbons (Fsp3) is 0.444. The molecule has 3 amide bonds. The molecule has 2 saturated heterocycles. The van der Waals surface area contributed by atoms with Crippen LogP contribution in [0.25, 0.3) is 6.08 Å². The van der Waals surface area contributed by atoms with Crippen LogP contribution in [0, 0.1) is 0 Å². The second-order valence-electron chi connectivity index (χ2n) is 7.21. The molecule has 8 nitrogen and oxygen atoms in total. The molecular formula is C18H24N4O4S. The van der Waals surface area contributed by atoms with Gasteiger partial charge in [-0.3, -0.25) is 9.69 Å². The van der Waals surface area contributed by atoms with Crippen LogP contribution in [0.5, 0.6) is 0 Å². The molecule has 0 radical (unpaired) electrons. The van der Waals surface area contributed by atoms with Crippen LogP contribution in [0.1, 0.15) is 19.4 Å². The Hall–Kier alpha value is -2.23. The number of imide groups is 1. The van der Waals surface area contributed by atoms with Crippen LogP contribution in [0.2, 0.25) is 0 Å². The molecule has 0 spiro atoms. The highest BCUT2D eigenvalue weighted by molar-refractivity contribution is 7.92. The third-order valence-corrected chi connectivity index (χ3v) is 6.27. The van der Waals surface area contributed by atoms with Crippen LogP contribution in [-0.2, 0) is 14.8 Å². The number of piperazine rings is 1. The standard InChI is InChI=1S/C18H24N4O4S/c1-18(2)16(23)22(17(24)19-18)14-20-9-11-21(12-10-20)27(25,26)13-8-15-6-4-3-5-7-15/h3-8,13H,9-12,14H2,1-2H3,(H,19,24)/b13-8+. The van der Waals surface area contributed by atoms with E-state index in [1.165, 1.54) is 14.6 Å². The van der Waals surface area contributed by atoms with E-state index in [9.17, 15) is 18.0 Å². The van der Waals surface area contributed by atoms with Crippen molar-refractivity contribution in [3.63, 3.8) is 0 Å². The summed E-state index contributed by atoms with van der Waals surface area (Å²) in [6.07, 6.45) is 1.58. The van der Waals surface area contributed by atoms with E-state index in [1.54, 1.807) is 19.9 Å². The number of benzene rings is 1. The summed E-state index contributed by atoms with van der Waals surface area (Å²) in [5.41, 5.74) is -0.0781. The Morgan fingerprint density at radius 1 is 1.07 bits per heavy atom. The Balaban J connectivity index is 1.56. The molecule has 0 bridgehead atoms. The maximum Gasteiger partial charge on any atom is 0.326 e. The van der Waals surface area contributed by atoms with Gasteiger partial charge in [-0.1, -0.05) is 30.3 Å². The van der Waals surface area contributed by atoms with Crippen molar-refractivity contribution in [3.8, 4) is 0 Å². The summed E-state index contributed by atoms with van der Waals surface area (Å²) in [6.45, 7) is 5.03. The Morgan fingerprint density at radius 2 is 1.70 bits per heavy atom. The van der Waals surface area contributed by atoms with Gasteiger partial charge in [-0.05, 0) is 25.5 Å². The molecule has 1 aromatic rings. The zero-order valence-corrected chi connectivity index (χ0v) is 16.3. The van der Waals surface area contributed by atoms with E-state index in [0.717, 1.165) is 5.56 Å². The molecule has 3 rings (SSSR count). The van der Waals surface area contributed by atoms with Gasteiger partial charge in [0.15, 0.2) is 0 Å². The van der Waals surface area contributed by atoms with Gasteiger partial charge in [-0.25, -0.2) is 18.1 Å². The maximum atomic E-state index is 12.5. The lowest BCUT2D eigenvalue weighted by atomic mass is 10.1. The quantitative estimate of drug-likeness (QED) is 0.752. The molecule has 9 heteroatoms. The van der Waals surface area contributed by atoms with Crippen molar-refractivity contribution >= 4 is 28.0 Å². The number of hydrogen-bond acceptors (Lipinski definition) is 5. The van der Waals surface area contributed by atoms with Crippen molar-refractivity contribution in [2.45, 2.75) is 19.4 Å². The van der Waals surface area contributed by atoms with Gasteiger partial charge in [-0.2, -0.15) is 4.31 Å². The van der Waals surface area contributed by atoms with Crippen LogP contribution in [0.3, 0.4) is 0 Å². The Bertz CT molecular complexity index is 843. The molecule has 2 fully saturated rings. The van der Waals surface area contributed by atoms with Gasteiger partial charge < -0.3 is 5.32 Å². The lowest BCUT2D eigenvalue weighted by molar-refractivity contribution is -0.131. The first kappa shape index (κ1) is 19.5. The number of nitrogens with one attached hydrogen (secondary N) is 1. The predicted molar refractivity (Wildman–Crippen MR) is 102 cm³/mol. The molecule has 0 aliphatic carbocycles. The molecule has 0 saturated carbocycles. The Morgan fingerprint density at radius 3 is 2.26 bits per heavy atom. The lowest BCUT2D eigenvalue weighted by Gasteiger charge is -2.34. The van der Waals surface area contributed by atoms with Gasteiger partial charge in [0.1, 0.15) is 5.54 Å². The average Bonchev–Trinajstić information content (AvgIpc) is 2.83. The number of carbonyl (C=O) groups is 2. The highest BCUT2D eigenvalue weighted by atomic mass is 32.2. The SMILES string of the molecule is CC1(C)NC(=O)N(CN2CCN(S(=O)(=O)/C=C/c3ccccc3)CC2)C1=O. The number of urea groups is 1. The number of sulfonamides is 1. The first-order valence-electron chi connectivity index (χ1n) is 8.79. The molecule has 1 aromatic carbocycles. The van der Waals surface area contributed by atoms with Gasteiger partial charge in [0, 0.05) is 31.6 Å². The summed E-state index contributed by atoms with van der Waals surface area (Å²) in [4.78, 5) is 27.3. The summed E-state index contributed by atoms with van der Waals surface area (Å²) in [7, 11) is -3.51. The van der Waals surface area contributed by atoms with Crippen molar-refractivity contribution < 1.29 is 18.0 Å². The number of hydrogen-bond donors (Lipinski definition) is 1. The highest BCUT2D eigenvalue weighted by Crippen LogP contribution is 2.18. The summed E-state index contributed by atoms with van der Waals surface area (Å²) in [6, 6.07) is 8.83. The summed E-state index contributed by atoms with van der Waals surface area (Å²) >= 11 is 0. The Labute approximate surface area is 159 Å². The van der Waals surface area contributed by atoms with Gasteiger partial charge in [0.2, 0.25) is 10.0 Å². The number of rotatable bonds is 5. The second kappa shape index (κ2) is 7.41. The van der Waals surface area contributed by atoms with Crippen molar-refractivity contribution in [1.29, 1.82) is 0 Å². The van der Waals surface area contributed by atoms with Crippen molar-refractivity contribution in [3.05, 3.63) is 41.3 Å². The van der Waals surface area contributed by atoms with E-state index in [-0.39, 0.29) is 12.6 Å². The van der Waals surface area contributed by atoms with Crippen molar-refractivity contribution in [1.82, 2.24) is 19.4 Å². The first-order valence-corrected chi connectivity index (χ1v) is 10.3. The van der Waals surface area contributed by atoms with Crippen LogP contribution < -0.4 is 5.32 Å². The van der Waals surface area contributed by atoms with Crippen molar-refractivity contribution in [2.75, 3.05) is 32.8 Å². The van der Waals surface area contributed by atoms with Gasteiger partial charge >= 0.3 is 6.03 Å². The zero-order valence-electron chi connectivity index (χ0n) is 15.5. The minimum absolute atomic E-state index is 0.168. The minimum atomic E-state index is -3.51. The molecule has 2 aliphatic rings. The normalized spacial score (nSPS) is 21.8. The third kappa shape index (κ3) is 4.37. The smallest absolute Gasteiger partial charge is 0.324 e. The van der Waals surface area contributed by atoms with E-state index >= 15 is 0 Å². The molecule has 2 aliphatic heterocycles. The lowest BCUT2D eigenvalue weighted by Crippen LogP contribution is -2.52. The topological polar surface area (TPSA) is 90.0 Å². The minimum Gasteiger partial charge on any atom is -0.324 e. The third-order valence-electron chi connectivity index (χ3n) is 4.71. The van der Waals surface area contributed by atoms with Gasteiger partial charge in [0.05, 0.1) is 6.67 Å². The molecular weight excluding hydrogens is 368 g/mol. The molecule has 0 unspecified atom stereocenters. The monoisotopic (exact) mass is 392 g/mol. The van der Waals surface area contributed by atoms with Crippen LogP contribution in [0.15, 0.2) is 35.7 Å². The second-order valence-corrected chi connectivity index (χ2v) is 9.02. The average molecular weight is 392 g/mol. The first-order chi connectivity index (χ1) is 12.7. The number of carbonyl (C=O) groups excluding carboxylic acids is 2. The molecule has 146 valence electrons. The fourth-order valence-corrected chi connectivity index (χ4v) is 4.26. The summed E-state index contributed by atoms with van der Waals surface area (Å²) < 4.78 is 26.4. The predicted octanol–water partition coefficient (Wildman–Crippen LogP) is 0.893. The van der Waals surface area contributed by atoms with E-state index in [2.05, 4.69) is 5.32 Å². The van der Waals surface area contributed by atoms with E-state index in [4.69, 9.17) is 0 Å². The van der Waals surface area contributed by atoms with E-state index in [0.29, 0.717) is 26.2 Å². The zero-order chi connectivity index (χ0) is 19.7. The molecule has 0 atom stereocenters.